The standard InChI is InChI=1S/C13H22N2O4/c1-9-4-5-15(11(8-9)12(17)18)13(19)14(6-7-16)10-2-3-10/h9-11,16H,2-8H2,1H3,(H,17,18). The summed E-state index contributed by atoms with van der Waals surface area (Å²) in [5, 5.41) is 18.3. The van der Waals surface area contributed by atoms with Crippen LogP contribution >= 0.6 is 0 Å². The van der Waals surface area contributed by atoms with Crippen LogP contribution in [-0.2, 0) is 4.79 Å². The van der Waals surface area contributed by atoms with Crippen LogP contribution in [0.15, 0.2) is 0 Å². The van der Waals surface area contributed by atoms with Gasteiger partial charge in [-0.1, -0.05) is 6.92 Å². The fourth-order valence-corrected chi connectivity index (χ4v) is 2.70. The average molecular weight is 270 g/mol. The summed E-state index contributed by atoms with van der Waals surface area (Å²) in [6.07, 6.45) is 3.26. The van der Waals surface area contributed by atoms with Crippen molar-refractivity contribution in [2.24, 2.45) is 5.92 Å². The van der Waals surface area contributed by atoms with Crippen molar-refractivity contribution in [3.05, 3.63) is 0 Å². The van der Waals surface area contributed by atoms with Gasteiger partial charge < -0.3 is 20.0 Å². The number of carbonyl (C=O) groups excluding carboxylic acids is 1. The minimum absolute atomic E-state index is 0.0791. The molecule has 0 aromatic rings. The van der Waals surface area contributed by atoms with Crippen molar-refractivity contribution in [2.45, 2.75) is 44.7 Å². The molecule has 1 aliphatic heterocycles. The Morgan fingerprint density at radius 2 is 2.00 bits per heavy atom. The summed E-state index contributed by atoms with van der Waals surface area (Å²) < 4.78 is 0. The molecular weight excluding hydrogens is 248 g/mol. The number of carbonyl (C=O) groups is 2. The Kier molecular flexibility index (Phi) is 4.29. The van der Waals surface area contributed by atoms with Gasteiger partial charge in [0.05, 0.1) is 6.61 Å². The molecule has 1 heterocycles. The van der Waals surface area contributed by atoms with Gasteiger partial charge in [0.15, 0.2) is 0 Å². The molecule has 0 radical (unpaired) electrons. The van der Waals surface area contributed by atoms with E-state index in [1.165, 1.54) is 4.90 Å². The third-order valence-corrected chi connectivity index (χ3v) is 3.97. The Balaban J connectivity index is 2.08. The molecule has 1 aliphatic carbocycles. The van der Waals surface area contributed by atoms with Crippen LogP contribution in [0.4, 0.5) is 4.79 Å². The van der Waals surface area contributed by atoms with E-state index < -0.39 is 12.0 Å². The fraction of sp³-hybridized carbons (Fsp3) is 0.846. The van der Waals surface area contributed by atoms with Gasteiger partial charge in [-0.3, -0.25) is 0 Å². The number of rotatable bonds is 4. The zero-order chi connectivity index (χ0) is 14.0. The summed E-state index contributed by atoms with van der Waals surface area (Å²) in [6, 6.07) is -0.763. The van der Waals surface area contributed by atoms with Crippen molar-refractivity contribution in [3.8, 4) is 0 Å². The highest BCUT2D eigenvalue weighted by atomic mass is 16.4. The third-order valence-electron chi connectivity index (χ3n) is 3.97. The number of urea groups is 1. The van der Waals surface area contributed by atoms with Gasteiger partial charge in [0, 0.05) is 19.1 Å². The van der Waals surface area contributed by atoms with Gasteiger partial charge in [-0.15, -0.1) is 0 Å². The van der Waals surface area contributed by atoms with Crippen molar-refractivity contribution in [2.75, 3.05) is 19.7 Å². The van der Waals surface area contributed by atoms with Gasteiger partial charge in [-0.2, -0.15) is 0 Å². The molecule has 19 heavy (non-hydrogen) atoms. The Hall–Kier alpha value is -1.30. The highest BCUT2D eigenvalue weighted by Gasteiger charge is 2.40. The van der Waals surface area contributed by atoms with Crippen LogP contribution in [0.25, 0.3) is 0 Å². The average Bonchev–Trinajstić information content (AvgIpc) is 3.19. The first kappa shape index (κ1) is 14.1. The molecule has 2 fully saturated rings. The maximum absolute atomic E-state index is 12.5. The number of aliphatic hydroxyl groups is 1. The summed E-state index contributed by atoms with van der Waals surface area (Å²) in [7, 11) is 0. The van der Waals surface area contributed by atoms with Crippen LogP contribution in [0.2, 0.25) is 0 Å². The van der Waals surface area contributed by atoms with Crippen molar-refractivity contribution in [1.29, 1.82) is 0 Å². The smallest absolute Gasteiger partial charge is 0.326 e. The zero-order valence-corrected chi connectivity index (χ0v) is 11.3. The van der Waals surface area contributed by atoms with Crippen LogP contribution < -0.4 is 0 Å². The van der Waals surface area contributed by atoms with Crippen molar-refractivity contribution < 1.29 is 19.8 Å². The normalized spacial score (nSPS) is 27.2. The number of carboxylic acid groups (broad SMARTS) is 1. The first-order valence-corrected chi connectivity index (χ1v) is 6.95. The van der Waals surface area contributed by atoms with E-state index in [1.54, 1.807) is 4.90 Å². The van der Waals surface area contributed by atoms with E-state index in [0.29, 0.717) is 25.4 Å². The highest BCUT2D eigenvalue weighted by molar-refractivity contribution is 5.83. The van der Waals surface area contributed by atoms with Gasteiger partial charge in [0.1, 0.15) is 6.04 Å². The molecule has 2 N–H and O–H groups in total. The molecule has 108 valence electrons. The van der Waals surface area contributed by atoms with Gasteiger partial charge in [-0.25, -0.2) is 9.59 Å². The van der Waals surface area contributed by atoms with E-state index in [9.17, 15) is 14.7 Å². The van der Waals surface area contributed by atoms with Gasteiger partial charge in [0.2, 0.25) is 0 Å². The highest BCUT2D eigenvalue weighted by Crippen LogP contribution is 2.30. The lowest BCUT2D eigenvalue weighted by molar-refractivity contribution is -0.144. The first-order chi connectivity index (χ1) is 9.04. The summed E-state index contributed by atoms with van der Waals surface area (Å²) in [5.41, 5.74) is 0. The van der Waals surface area contributed by atoms with Gasteiger partial charge in [-0.05, 0) is 31.6 Å². The van der Waals surface area contributed by atoms with Crippen molar-refractivity contribution >= 4 is 12.0 Å². The first-order valence-electron chi connectivity index (χ1n) is 6.95. The molecule has 2 amide bonds. The molecular formula is C13H22N2O4. The van der Waals surface area contributed by atoms with Crippen molar-refractivity contribution in [3.63, 3.8) is 0 Å². The summed E-state index contributed by atoms with van der Waals surface area (Å²) in [5.74, 6) is -0.600. The number of carboxylic acids is 1. The summed E-state index contributed by atoms with van der Waals surface area (Å²) >= 11 is 0. The van der Waals surface area contributed by atoms with Crippen molar-refractivity contribution in [1.82, 2.24) is 9.80 Å². The molecule has 0 aromatic carbocycles. The quantitative estimate of drug-likeness (QED) is 0.790. The topological polar surface area (TPSA) is 81.1 Å². The Morgan fingerprint density at radius 3 is 2.53 bits per heavy atom. The van der Waals surface area contributed by atoms with Crippen LogP contribution in [0.1, 0.15) is 32.6 Å². The molecule has 6 heteroatoms. The molecule has 0 spiro atoms. The lowest BCUT2D eigenvalue weighted by Crippen LogP contribution is -2.55. The van der Waals surface area contributed by atoms with E-state index in [4.69, 9.17) is 5.11 Å². The number of aliphatic hydroxyl groups excluding tert-OH is 1. The number of amides is 2. The number of nitrogens with zero attached hydrogens (tertiary/aromatic N) is 2. The zero-order valence-electron chi connectivity index (χ0n) is 11.3. The van der Waals surface area contributed by atoms with E-state index in [1.807, 2.05) is 6.92 Å². The molecule has 2 rings (SSSR count). The van der Waals surface area contributed by atoms with Gasteiger partial charge in [0.25, 0.3) is 0 Å². The van der Waals surface area contributed by atoms with E-state index in [0.717, 1.165) is 19.3 Å². The second-order valence-electron chi connectivity index (χ2n) is 5.61. The lowest BCUT2D eigenvalue weighted by atomic mass is 9.92. The minimum atomic E-state index is -0.931. The SMILES string of the molecule is CC1CCN(C(=O)N(CCO)C2CC2)C(C(=O)O)C1. The number of hydrogen-bond donors (Lipinski definition) is 2. The molecule has 2 aliphatic rings. The number of piperidine rings is 1. The molecule has 1 saturated carbocycles. The Labute approximate surface area is 113 Å². The maximum Gasteiger partial charge on any atom is 0.326 e. The Morgan fingerprint density at radius 1 is 1.32 bits per heavy atom. The monoisotopic (exact) mass is 270 g/mol. The number of hydrogen-bond acceptors (Lipinski definition) is 3. The van der Waals surface area contributed by atoms with Crippen LogP contribution in [0, 0.1) is 5.92 Å². The molecule has 1 saturated heterocycles. The largest absolute Gasteiger partial charge is 0.480 e. The lowest BCUT2D eigenvalue weighted by Gasteiger charge is -2.39. The minimum Gasteiger partial charge on any atom is -0.480 e. The molecule has 2 unspecified atom stereocenters. The molecule has 6 nitrogen and oxygen atoms in total. The second kappa shape index (κ2) is 5.77. The molecule has 0 bridgehead atoms. The van der Waals surface area contributed by atoms with Crippen LogP contribution in [0.3, 0.4) is 0 Å². The summed E-state index contributed by atoms with van der Waals surface area (Å²) in [4.78, 5) is 26.9. The summed E-state index contributed by atoms with van der Waals surface area (Å²) in [6.45, 7) is 2.72. The van der Waals surface area contributed by atoms with Crippen LogP contribution in [0.5, 0.6) is 0 Å². The predicted molar refractivity (Wildman–Crippen MR) is 68.7 cm³/mol. The third kappa shape index (κ3) is 3.18. The van der Waals surface area contributed by atoms with Gasteiger partial charge >= 0.3 is 12.0 Å². The number of aliphatic carboxylic acids is 1. The van der Waals surface area contributed by atoms with E-state index in [-0.39, 0.29) is 18.7 Å². The van der Waals surface area contributed by atoms with E-state index >= 15 is 0 Å². The van der Waals surface area contributed by atoms with Crippen LogP contribution in [-0.4, -0.2) is 63.8 Å². The molecule has 2 atom stereocenters. The second-order valence-corrected chi connectivity index (χ2v) is 5.61. The fourth-order valence-electron chi connectivity index (χ4n) is 2.70. The Bertz CT molecular complexity index is 357. The van der Waals surface area contributed by atoms with E-state index in [2.05, 4.69) is 0 Å². The predicted octanol–water partition coefficient (Wildman–Crippen LogP) is 0.748. The number of likely N-dealkylation sites (tertiary alicyclic amines) is 1. The molecule has 0 aromatic heterocycles. The maximum atomic E-state index is 12.5.